The molecule has 1 aliphatic rings. The molecule has 5 rings (SSSR count). The van der Waals surface area contributed by atoms with E-state index in [1.807, 2.05) is 39.8 Å². The number of carbonyl (C=O) groups excluding carboxylic acids is 2. The average molecular weight is 499 g/mol. The van der Waals surface area contributed by atoms with Gasteiger partial charge in [-0.3, -0.25) is 15.0 Å². The summed E-state index contributed by atoms with van der Waals surface area (Å²) in [5, 5.41) is 11.6. The van der Waals surface area contributed by atoms with Crippen LogP contribution in [0.1, 0.15) is 38.4 Å². The number of fused-ring (bicyclic) bond motifs is 1. The van der Waals surface area contributed by atoms with E-state index in [9.17, 15) is 14.0 Å². The fraction of sp³-hybridized carbons (Fsp3) is 0.179. The maximum absolute atomic E-state index is 13.6. The van der Waals surface area contributed by atoms with Gasteiger partial charge in [-0.2, -0.15) is 0 Å². The molecule has 1 aliphatic heterocycles. The van der Waals surface area contributed by atoms with Crippen molar-refractivity contribution in [1.82, 2.24) is 4.57 Å². The zero-order valence-electron chi connectivity index (χ0n) is 20.1. The van der Waals surface area contributed by atoms with E-state index in [-0.39, 0.29) is 11.7 Å². The lowest BCUT2D eigenvalue weighted by atomic mass is 10.1. The van der Waals surface area contributed by atoms with Crippen molar-refractivity contribution in [3.63, 3.8) is 0 Å². The Morgan fingerprint density at radius 1 is 0.973 bits per heavy atom. The van der Waals surface area contributed by atoms with Crippen molar-refractivity contribution >= 4 is 39.9 Å². The fourth-order valence-electron chi connectivity index (χ4n) is 4.64. The molecular weight excluding hydrogens is 471 g/mol. The number of hydrogen-bond acceptors (Lipinski definition) is 4. The SMILES string of the molecule is N=C(N)c1ccc2cc(C(=O)Nc3ccc(N4CC[C@@H](F)C4)cc3)n(Cc3ccc(C(N)=O)cc3)c2c1. The predicted molar refractivity (Wildman–Crippen MR) is 143 cm³/mol. The Labute approximate surface area is 213 Å². The number of nitrogens with two attached hydrogens (primary N) is 2. The number of benzene rings is 3. The van der Waals surface area contributed by atoms with E-state index in [0.717, 1.165) is 22.2 Å². The number of alkyl halides is 1. The summed E-state index contributed by atoms with van der Waals surface area (Å²) in [6.07, 6.45) is -0.281. The highest BCUT2D eigenvalue weighted by Gasteiger charge is 2.22. The molecule has 188 valence electrons. The highest BCUT2D eigenvalue weighted by Crippen LogP contribution is 2.26. The Bertz CT molecular complexity index is 1490. The van der Waals surface area contributed by atoms with E-state index < -0.39 is 12.1 Å². The number of nitrogen functional groups attached to an aromatic ring is 1. The summed E-state index contributed by atoms with van der Waals surface area (Å²) in [5.74, 6) is -0.875. The number of rotatable bonds is 7. The zero-order chi connectivity index (χ0) is 26.1. The maximum atomic E-state index is 13.6. The molecule has 0 unspecified atom stereocenters. The number of nitrogens with zero attached hydrogens (tertiary/aromatic N) is 2. The van der Waals surface area contributed by atoms with Gasteiger partial charge in [0.25, 0.3) is 5.91 Å². The van der Waals surface area contributed by atoms with Gasteiger partial charge in [-0.1, -0.05) is 24.3 Å². The van der Waals surface area contributed by atoms with Crippen LogP contribution in [0.15, 0.2) is 72.8 Å². The van der Waals surface area contributed by atoms with Gasteiger partial charge in [0.15, 0.2) is 0 Å². The molecule has 1 fully saturated rings. The van der Waals surface area contributed by atoms with Crippen molar-refractivity contribution in [2.75, 3.05) is 23.3 Å². The smallest absolute Gasteiger partial charge is 0.272 e. The summed E-state index contributed by atoms with van der Waals surface area (Å²) < 4.78 is 15.4. The second-order valence-electron chi connectivity index (χ2n) is 9.20. The zero-order valence-corrected chi connectivity index (χ0v) is 20.1. The van der Waals surface area contributed by atoms with Crippen LogP contribution in [0.3, 0.4) is 0 Å². The molecule has 8 nitrogen and oxygen atoms in total. The van der Waals surface area contributed by atoms with Crippen LogP contribution < -0.4 is 21.7 Å². The van der Waals surface area contributed by atoms with Crippen LogP contribution in [0.4, 0.5) is 15.8 Å². The van der Waals surface area contributed by atoms with Gasteiger partial charge in [-0.15, -0.1) is 0 Å². The number of hydrogen-bond donors (Lipinski definition) is 4. The Balaban J connectivity index is 1.45. The lowest BCUT2D eigenvalue weighted by Crippen LogP contribution is -2.20. The van der Waals surface area contributed by atoms with Gasteiger partial charge >= 0.3 is 0 Å². The number of halogens is 1. The van der Waals surface area contributed by atoms with E-state index >= 15 is 0 Å². The van der Waals surface area contributed by atoms with Crippen molar-refractivity contribution < 1.29 is 14.0 Å². The van der Waals surface area contributed by atoms with Crippen LogP contribution in [0.2, 0.25) is 0 Å². The predicted octanol–water partition coefficient (Wildman–Crippen LogP) is 3.87. The van der Waals surface area contributed by atoms with Crippen molar-refractivity contribution in [2.45, 2.75) is 19.1 Å². The second kappa shape index (κ2) is 9.77. The summed E-state index contributed by atoms with van der Waals surface area (Å²) in [7, 11) is 0. The quantitative estimate of drug-likeness (QED) is 0.228. The van der Waals surface area contributed by atoms with Crippen molar-refractivity contribution in [3.8, 4) is 0 Å². The van der Waals surface area contributed by atoms with E-state index in [2.05, 4.69) is 5.32 Å². The molecule has 4 aromatic rings. The van der Waals surface area contributed by atoms with Gasteiger partial charge in [-0.05, 0) is 60.5 Å². The van der Waals surface area contributed by atoms with Crippen molar-refractivity contribution in [2.24, 2.45) is 11.5 Å². The first kappa shape index (κ1) is 24.1. The minimum Gasteiger partial charge on any atom is -0.384 e. The average Bonchev–Trinajstić information content (AvgIpc) is 3.48. The highest BCUT2D eigenvalue weighted by atomic mass is 19.1. The molecular formula is C28H27FN6O2. The minimum atomic E-state index is -0.809. The van der Waals surface area contributed by atoms with Crippen LogP contribution in [0.25, 0.3) is 10.9 Å². The van der Waals surface area contributed by atoms with Gasteiger partial charge in [-0.25, -0.2) is 4.39 Å². The van der Waals surface area contributed by atoms with E-state index in [4.69, 9.17) is 16.9 Å². The fourth-order valence-corrected chi connectivity index (χ4v) is 4.64. The first-order valence-corrected chi connectivity index (χ1v) is 12.0. The molecule has 2 heterocycles. The third kappa shape index (κ3) is 5.02. The van der Waals surface area contributed by atoms with Crippen LogP contribution in [-0.2, 0) is 6.54 Å². The molecule has 0 radical (unpaired) electrons. The molecule has 1 saturated heterocycles. The largest absolute Gasteiger partial charge is 0.384 e. The van der Waals surface area contributed by atoms with Crippen LogP contribution in [-0.4, -0.2) is 41.5 Å². The van der Waals surface area contributed by atoms with Gasteiger partial charge < -0.3 is 26.3 Å². The number of nitrogens with one attached hydrogen (secondary N) is 2. The molecule has 0 saturated carbocycles. The van der Waals surface area contributed by atoms with E-state index in [1.54, 1.807) is 42.5 Å². The Hall–Kier alpha value is -4.66. The summed E-state index contributed by atoms with van der Waals surface area (Å²) >= 11 is 0. The summed E-state index contributed by atoms with van der Waals surface area (Å²) in [4.78, 5) is 26.9. The second-order valence-corrected chi connectivity index (χ2v) is 9.20. The number of primary amides is 1. The Morgan fingerprint density at radius 3 is 2.30 bits per heavy atom. The molecule has 0 aliphatic carbocycles. The number of carbonyl (C=O) groups is 2. The van der Waals surface area contributed by atoms with Crippen LogP contribution >= 0.6 is 0 Å². The molecule has 0 spiro atoms. The Kier molecular flexibility index (Phi) is 6.35. The van der Waals surface area contributed by atoms with E-state index in [1.165, 1.54) is 0 Å². The first-order chi connectivity index (χ1) is 17.8. The molecule has 6 N–H and O–H groups in total. The molecule has 1 atom stereocenters. The number of amidine groups is 1. The molecule has 37 heavy (non-hydrogen) atoms. The minimum absolute atomic E-state index is 0.0661. The van der Waals surface area contributed by atoms with Gasteiger partial charge in [0.05, 0.1) is 0 Å². The standard InChI is InChI=1S/C28H27FN6O2/c29-21-11-12-34(16-21)23-9-7-22(8-10-23)33-28(37)25-13-19-5-6-20(26(30)31)14-24(19)35(25)15-17-1-3-18(4-2-17)27(32)36/h1-10,13-14,21H,11-12,15-16H2,(H3,30,31)(H2,32,36)(H,33,37)/t21-/m1/s1. The monoisotopic (exact) mass is 498 g/mol. The van der Waals surface area contributed by atoms with Crippen molar-refractivity contribution in [3.05, 3.63) is 95.2 Å². The third-order valence-electron chi connectivity index (χ3n) is 6.65. The van der Waals surface area contributed by atoms with Crippen molar-refractivity contribution in [1.29, 1.82) is 5.41 Å². The highest BCUT2D eigenvalue weighted by molar-refractivity contribution is 6.07. The third-order valence-corrected chi connectivity index (χ3v) is 6.65. The summed E-state index contributed by atoms with van der Waals surface area (Å²) in [6.45, 7) is 1.41. The normalized spacial score (nSPS) is 15.2. The van der Waals surface area contributed by atoms with Gasteiger partial charge in [0.1, 0.15) is 17.7 Å². The maximum Gasteiger partial charge on any atom is 0.272 e. The van der Waals surface area contributed by atoms with E-state index in [0.29, 0.717) is 48.6 Å². The summed E-state index contributed by atoms with van der Waals surface area (Å²) in [6, 6.07) is 21.4. The Morgan fingerprint density at radius 2 is 1.68 bits per heavy atom. The molecule has 0 bridgehead atoms. The van der Waals surface area contributed by atoms with Crippen LogP contribution in [0, 0.1) is 5.41 Å². The lowest BCUT2D eigenvalue weighted by Gasteiger charge is -2.18. The first-order valence-electron chi connectivity index (χ1n) is 12.0. The molecule has 1 aromatic heterocycles. The molecule has 9 heteroatoms. The van der Waals surface area contributed by atoms with Crippen LogP contribution in [0.5, 0.6) is 0 Å². The molecule has 2 amide bonds. The lowest BCUT2D eigenvalue weighted by molar-refractivity contribution is 0.0997. The topological polar surface area (TPSA) is 130 Å². The number of anilines is 2. The number of amides is 2. The van der Waals surface area contributed by atoms with Gasteiger partial charge in [0, 0.05) is 53.0 Å². The number of aromatic nitrogens is 1. The molecule has 3 aromatic carbocycles. The summed E-state index contributed by atoms with van der Waals surface area (Å²) in [5.41, 5.74) is 15.6. The van der Waals surface area contributed by atoms with Gasteiger partial charge in [0.2, 0.25) is 5.91 Å².